The number of aliphatic imine (C=N–C) groups is 1. The van der Waals surface area contributed by atoms with E-state index in [1.165, 1.54) is 12.1 Å². The maximum Gasteiger partial charge on any atom is 0.416 e. The summed E-state index contributed by atoms with van der Waals surface area (Å²) in [6.07, 6.45) is -3.69. The first-order valence-corrected chi connectivity index (χ1v) is 9.96. The molecule has 10 heteroatoms. The molecule has 32 heavy (non-hydrogen) atoms. The molecule has 0 spiro atoms. The highest BCUT2D eigenvalue weighted by Crippen LogP contribution is 2.30. The highest BCUT2D eigenvalue weighted by Gasteiger charge is 2.29. The first kappa shape index (κ1) is 27.5. The molecule has 0 radical (unpaired) electrons. The molecule has 0 saturated heterocycles. The van der Waals surface area contributed by atoms with Crippen LogP contribution in [0.15, 0.2) is 53.5 Å². The van der Waals surface area contributed by atoms with Crippen molar-refractivity contribution in [1.29, 1.82) is 0 Å². The Kier molecular flexibility index (Phi) is 11.9. The Morgan fingerprint density at radius 2 is 1.81 bits per heavy atom. The summed E-state index contributed by atoms with van der Waals surface area (Å²) in [6.45, 7) is 3.84. The minimum atomic E-state index is -4.36. The third-order valence-corrected chi connectivity index (χ3v) is 4.28. The first-order chi connectivity index (χ1) is 14.8. The summed E-state index contributed by atoms with van der Waals surface area (Å²) in [4.78, 5) is 16.2. The van der Waals surface area contributed by atoms with Gasteiger partial charge < -0.3 is 20.7 Å². The van der Waals surface area contributed by atoms with Crippen molar-refractivity contribution in [3.8, 4) is 5.75 Å². The van der Waals surface area contributed by atoms with Gasteiger partial charge >= 0.3 is 6.18 Å². The minimum Gasteiger partial charge on any atom is -0.492 e. The number of carbonyl (C=O) groups is 1. The highest BCUT2D eigenvalue weighted by molar-refractivity contribution is 14.0. The van der Waals surface area contributed by atoms with E-state index in [9.17, 15) is 18.0 Å². The van der Waals surface area contributed by atoms with Crippen molar-refractivity contribution in [1.82, 2.24) is 16.0 Å². The van der Waals surface area contributed by atoms with E-state index in [0.29, 0.717) is 43.3 Å². The molecule has 2 rings (SSSR count). The normalized spacial score (nSPS) is 11.3. The third-order valence-electron chi connectivity index (χ3n) is 4.28. The van der Waals surface area contributed by atoms with E-state index in [1.807, 2.05) is 25.1 Å². The summed E-state index contributed by atoms with van der Waals surface area (Å²) in [5.41, 5.74) is 0.904. The molecule has 0 fully saturated rings. The molecule has 6 nitrogen and oxygen atoms in total. The van der Waals surface area contributed by atoms with Crippen LogP contribution in [0.3, 0.4) is 0 Å². The maximum atomic E-state index is 12.6. The number of amides is 1. The Balaban J connectivity index is 0.00000512. The van der Waals surface area contributed by atoms with Gasteiger partial charge in [-0.2, -0.15) is 13.2 Å². The average molecular weight is 564 g/mol. The third kappa shape index (κ3) is 9.33. The lowest BCUT2D eigenvalue weighted by Gasteiger charge is -2.13. The molecule has 0 heterocycles. The van der Waals surface area contributed by atoms with Gasteiger partial charge in [-0.1, -0.05) is 12.1 Å². The van der Waals surface area contributed by atoms with Crippen molar-refractivity contribution in [3.05, 3.63) is 65.2 Å². The average Bonchev–Trinajstić information content (AvgIpc) is 2.76. The Labute approximate surface area is 203 Å². The summed E-state index contributed by atoms with van der Waals surface area (Å²) in [6, 6.07) is 12.0. The minimum absolute atomic E-state index is 0. The summed E-state index contributed by atoms with van der Waals surface area (Å²) >= 11 is 0. The second-order valence-corrected chi connectivity index (χ2v) is 6.59. The van der Waals surface area contributed by atoms with Gasteiger partial charge in [-0.15, -0.1) is 24.0 Å². The predicted octanol–water partition coefficient (Wildman–Crippen LogP) is 3.86. The van der Waals surface area contributed by atoms with Crippen molar-refractivity contribution in [2.45, 2.75) is 19.5 Å². The molecule has 1 amide bonds. The molecule has 176 valence electrons. The molecule has 2 aromatic rings. The maximum absolute atomic E-state index is 12.6. The van der Waals surface area contributed by atoms with E-state index in [-0.39, 0.29) is 36.5 Å². The molecule has 2 aromatic carbocycles. The number of benzene rings is 2. The van der Waals surface area contributed by atoms with Crippen LogP contribution in [0.1, 0.15) is 28.4 Å². The number of nitrogens with one attached hydrogen (secondary N) is 3. The second-order valence-electron chi connectivity index (χ2n) is 6.59. The summed E-state index contributed by atoms with van der Waals surface area (Å²) in [7, 11) is 1.59. The molecule has 0 aliphatic heterocycles. The predicted molar refractivity (Wildman–Crippen MR) is 130 cm³/mol. The van der Waals surface area contributed by atoms with Gasteiger partial charge in [0.15, 0.2) is 5.96 Å². The van der Waals surface area contributed by atoms with Crippen LogP contribution in [0.25, 0.3) is 0 Å². The van der Waals surface area contributed by atoms with Gasteiger partial charge in [0.1, 0.15) is 12.4 Å². The molecule has 0 atom stereocenters. The number of nitrogens with zero attached hydrogens (tertiary/aromatic N) is 1. The molecule has 0 saturated carbocycles. The number of hydrogen-bond acceptors (Lipinski definition) is 3. The van der Waals surface area contributed by atoms with Gasteiger partial charge in [0.2, 0.25) is 0 Å². The highest BCUT2D eigenvalue weighted by atomic mass is 127. The fourth-order valence-electron chi connectivity index (χ4n) is 2.73. The molecule has 0 aromatic heterocycles. The van der Waals surface area contributed by atoms with Crippen LogP contribution < -0.4 is 20.7 Å². The number of hydrogen-bond donors (Lipinski definition) is 3. The standard InChI is InChI=1S/C22H27F3N4O2.HI/c1-3-27-21(28-12-11-16-5-4-6-17(15-16)20(30)26-2)29-13-14-31-19-9-7-18(8-10-19)22(23,24)25;/h4-10,15H,3,11-14H2,1-2H3,(H,26,30)(H2,27,28,29);1H. The van der Waals surface area contributed by atoms with E-state index in [1.54, 1.807) is 13.1 Å². The van der Waals surface area contributed by atoms with Crippen LogP contribution >= 0.6 is 24.0 Å². The molecule has 0 aliphatic carbocycles. The number of ether oxygens (including phenoxy) is 1. The van der Waals surface area contributed by atoms with Crippen LogP contribution in [0.2, 0.25) is 0 Å². The monoisotopic (exact) mass is 564 g/mol. The van der Waals surface area contributed by atoms with Crippen molar-refractivity contribution < 1.29 is 22.7 Å². The van der Waals surface area contributed by atoms with Gasteiger partial charge in [0.05, 0.1) is 12.1 Å². The van der Waals surface area contributed by atoms with E-state index in [4.69, 9.17) is 4.74 Å². The molecule has 0 bridgehead atoms. The zero-order valence-corrected chi connectivity index (χ0v) is 20.3. The largest absolute Gasteiger partial charge is 0.492 e. The topological polar surface area (TPSA) is 74.8 Å². The number of rotatable bonds is 9. The summed E-state index contributed by atoms with van der Waals surface area (Å²) in [5.74, 6) is 0.849. The SMILES string of the molecule is CCNC(=NCCc1cccc(C(=O)NC)c1)NCCOc1ccc(C(F)(F)F)cc1.I. The summed E-state index contributed by atoms with van der Waals surface area (Å²) < 4.78 is 43.2. The van der Waals surface area contributed by atoms with Crippen LogP contribution in [0.5, 0.6) is 5.75 Å². The van der Waals surface area contributed by atoms with Crippen molar-refractivity contribution in [2.75, 3.05) is 33.3 Å². The number of carbonyl (C=O) groups excluding carboxylic acids is 1. The van der Waals surface area contributed by atoms with Crippen LogP contribution in [-0.4, -0.2) is 45.2 Å². The number of halogens is 4. The number of alkyl halides is 3. The van der Waals surface area contributed by atoms with Crippen molar-refractivity contribution in [3.63, 3.8) is 0 Å². The number of guanidine groups is 1. The summed E-state index contributed by atoms with van der Waals surface area (Å²) in [5, 5.41) is 8.85. The zero-order valence-electron chi connectivity index (χ0n) is 18.0. The van der Waals surface area contributed by atoms with Crippen LogP contribution in [0.4, 0.5) is 13.2 Å². The molecule has 0 unspecified atom stereocenters. The quantitative estimate of drug-likeness (QED) is 0.187. The van der Waals surface area contributed by atoms with Crippen molar-refractivity contribution >= 4 is 35.8 Å². The zero-order chi connectivity index (χ0) is 22.7. The van der Waals surface area contributed by atoms with E-state index in [2.05, 4.69) is 20.9 Å². The lowest BCUT2D eigenvalue weighted by atomic mass is 10.1. The van der Waals surface area contributed by atoms with E-state index in [0.717, 1.165) is 17.7 Å². The molecule has 3 N–H and O–H groups in total. The van der Waals surface area contributed by atoms with Gasteiger partial charge in [0.25, 0.3) is 5.91 Å². The van der Waals surface area contributed by atoms with E-state index < -0.39 is 11.7 Å². The van der Waals surface area contributed by atoms with Gasteiger partial charge in [-0.05, 0) is 55.3 Å². The lowest BCUT2D eigenvalue weighted by molar-refractivity contribution is -0.137. The van der Waals surface area contributed by atoms with Crippen molar-refractivity contribution in [2.24, 2.45) is 4.99 Å². The van der Waals surface area contributed by atoms with Gasteiger partial charge in [-0.3, -0.25) is 9.79 Å². The first-order valence-electron chi connectivity index (χ1n) is 9.96. The molecular formula is C22H28F3IN4O2. The Morgan fingerprint density at radius 1 is 1.09 bits per heavy atom. The van der Waals surface area contributed by atoms with Crippen LogP contribution in [0, 0.1) is 0 Å². The smallest absolute Gasteiger partial charge is 0.416 e. The Hall–Kier alpha value is -2.50. The second kappa shape index (κ2) is 13.8. The van der Waals surface area contributed by atoms with Crippen LogP contribution in [-0.2, 0) is 12.6 Å². The fraction of sp³-hybridized carbons (Fsp3) is 0.364. The molecular weight excluding hydrogens is 536 g/mol. The Bertz CT molecular complexity index is 874. The fourth-order valence-corrected chi connectivity index (χ4v) is 2.73. The molecule has 0 aliphatic rings. The van der Waals surface area contributed by atoms with Gasteiger partial charge in [-0.25, -0.2) is 0 Å². The Morgan fingerprint density at radius 3 is 2.44 bits per heavy atom. The van der Waals surface area contributed by atoms with E-state index >= 15 is 0 Å². The lowest BCUT2D eigenvalue weighted by Crippen LogP contribution is -2.39. The van der Waals surface area contributed by atoms with Gasteiger partial charge in [0, 0.05) is 25.7 Å².